The van der Waals surface area contributed by atoms with Crippen LogP contribution >= 0.6 is 23.4 Å². The maximum Gasteiger partial charge on any atom is 0.193 e. The number of aldehydes is 1. The molecule has 5 nitrogen and oxygen atoms in total. The average Bonchev–Trinajstić information content (AvgIpc) is 2.91. The molecule has 23 heavy (non-hydrogen) atoms. The van der Waals surface area contributed by atoms with Gasteiger partial charge in [-0.1, -0.05) is 49.3 Å². The molecule has 1 heterocycles. The molecule has 0 fully saturated rings. The van der Waals surface area contributed by atoms with Crippen LogP contribution in [0.3, 0.4) is 0 Å². The third kappa shape index (κ3) is 3.76. The fourth-order valence-corrected chi connectivity index (χ4v) is 2.71. The minimum atomic E-state index is 0.165. The number of nitrogens with one attached hydrogen (secondary N) is 1. The monoisotopic (exact) mass is 350 g/mol. The van der Waals surface area contributed by atoms with Crippen LogP contribution in [-0.4, -0.2) is 34.4 Å². The summed E-state index contributed by atoms with van der Waals surface area (Å²) in [6.45, 7) is 4.09. The molecule has 7 heteroatoms. The fourth-order valence-electron chi connectivity index (χ4n) is 2.22. The van der Waals surface area contributed by atoms with Gasteiger partial charge >= 0.3 is 0 Å². The van der Waals surface area contributed by atoms with Crippen LogP contribution in [0, 0.1) is 0 Å². The molecule has 0 bridgehead atoms. The van der Waals surface area contributed by atoms with Crippen LogP contribution in [0.15, 0.2) is 29.3 Å². The summed E-state index contributed by atoms with van der Waals surface area (Å²) in [6, 6.07) is 7.48. The van der Waals surface area contributed by atoms with E-state index < -0.39 is 0 Å². The lowest BCUT2D eigenvalue weighted by molar-refractivity contribution is 0.111. The normalized spacial score (nSPS) is 11.8. The van der Waals surface area contributed by atoms with Crippen molar-refractivity contribution in [2.75, 3.05) is 18.7 Å². The lowest BCUT2D eigenvalue weighted by Gasteiger charge is -2.15. The number of rotatable bonds is 4. The van der Waals surface area contributed by atoms with Crippen LogP contribution in [0.2, 0.25) is 5.02 Å². The number of amidine groups is 1. The maximum atomic E-state index is 11.5. The van der Waals surface area contributed by atoms with Crippen LogP contribution in [0.1, 0.15) is 36.1 Å². The molecule has 0 aliphatic heterocycles. The second-order valence-electron chi connectivity index (χ2n) is 5.16. The highest BCUT2D eigenvalue weighted by Gasteiger charge is 2.21. The molecule has 0 saturated carbocycles. The predicted octanol–water partition coefficient (Wildman–Crippen LogP) is 4.03. The summed E-state index contributed by atoms with van der Waals surface area (Å²) in [4.78, 5) is 20.1. The van der Waals surface area contributed by atoms with Crippen molar-refractivity contribution >= 4 is 34.8 Å². The van der Waals surface area contributed by atoms with E-state index in [2.05, 4.69) is 15.4 Å². The summed E-state index contributed by atoms with van der Waals surface area (Å²) in [7, 11) is 1.70. The zero-order valence-corrected chi connectivity index (χ0v) is 15.1. The molecule has 0 radical (unpaired) electrons. The van der Waals surface area contributed by atoms with E-state index in [1.807, 2.05) is 44.4 Å². The number of nitrogens with zero attached hydrogens (tertiary/aromatic N) is 3. The zero-order chi connectivity index (χ0) is 17.0. The molecule has 0 saturated heterocycles. The van der Waals surface area contributed by atoms with Gasteiger partial charge < -0.3 is 0 Å². The molecular formula is C16H19ClN4OS. The third-order valence-electron chi connectivity index (χ3n) is 3.30. The second-order valence-corrected chi connectivity index (χ2v) is 6.39. The van der Waals surface area contributed by atoms with Crippen molar-refractivity contribution < 1.29 is 4.79 Å². The van der Waals surface area contributed by atoms with Gasteiger partial charge in [-0.05, 0) is 24.3 Å². The van der Waals surface area contributed by atoms with Gasteiger partial charge in [0.2, 0.25) is 0 Å². The van der Waals surface area contributed by atoms with E-state index in [0.717, 1.165) is 23.2 Å². The minimum Gasteiger partial charge on any atom is -0.294 e. The zero-order valence-electron chi connectivity index (χ0n) is 13.5. The van der Waals surface area contributed by atoms with Crippen molar-refractivity contribution in [3.05, 3.63) is 40.8 Å². The molecule has 0 amide bonds. The molecule has 1 N–H and O–H groups in total. The van der Waals surface area contributed by atoms with Gasteiger partial charge in [0.25, 0.3) is 0 Å². The molecular weight excluding hydrogens is 332 g/mol. The van der Waals surface area contributed by atoms with Crippen LogP contribution < -0.4 is 5.43 Å². The molecule has 0 spiro atoms. The van der Waals surface area contributed by atoms with Crippen molar-refractivity contribution in [1.29, 1.82) is 0 Å². The molecule has 1 aromatic heterocycles. The number of aliphatic imine (C=N–C) groups is 1. The first kappa shape index (κ1) is 17.6. The Balaban J connectivity index is 2.67. The highest BCUT2D eigenvalue weighted by atomic mass is 35.5. The Bertz CT molecular complexity index is 722. The largest absolute Gasteiger partial charge is 0.294 e. The first-order chi connectivity index (χ1) is 11.0. The van der Waals surface area contributed by atoms with Gasteiger partial charge in [0, 0.05) is 17.6 Å². The second kappa shape index (κ2) is 7.66. The van der Waals surface area contributed by atoms with Crippen molar-refractivity contribution in [2.24, 2.45) is 4.99 Å². The van der Waals surface area contributed by atoms with Crippen molar-refractivity contribution in [3.8, 4) is 11.3 Å². The Morgan fingerprint density at radius 3 is 2.52 bits per heavy atom. The Labute approximate surface area is 145 Å². The first-order valence-corrected chi connectivity index (χ1v) is 8.73. The van der Waals surface area contributed by atoms with E-state index in [4.69, 9.17) is 11.6 Å². The van der Waals surface area contributed by atoms with E-state index >= 15 is 0 Å². The number of carbonyl (C=O) groups is 1. The van der Waals surface area contributed by atoms with Crippen molar-refractivity contribution in [3.63, 3.8) is 0 Å². The predicted molar refractivity (Wildman–Crippen MR) is 98.4 cm³/mol. The van der Waals surface area contributed by atoms with Gasteiger partial charge in [0.05, 0.1) is 11.4 Å². The number of carbonyl (C=O) groups excluding carboxylic acids is 1. The Morgan fingerprint density at radius 1 is 1.39 bits per heavy atom. The lowest BCUT2D eigenvalue weighted by atomic mass is 10.0. The van der Waals surface area contributed by atoms with Crippen molar-refractivity contribution in [2.45, 2.75) is 19.8 Å². The molecule has 2 aromatic rings. The van der Waals surface area contributed by atoms with E-state index in [0.29, 0.717) is 16.0 Å². The number of benzene rings is 1. The van der Waals surface area contributed by atoms with Gasteiger partial charge in [0.1, 0.15) is 0 Å². The molecule has 0 unspecified atom stereocenters. The molecule has 2 rings (SSSR count). The Morgan fingerprint density at radius 2 is 2.04 bits per heavy atom. The highest BCUT2D eigenvalue weighted by Crippen LogP contribution is 2.30. The quantitative estimate of drug-likeness (QED) is 0.513. The van der Waals surface area contributed by atoms with Gasteiger partial charge in [-0.2, -0.15) is 0 Å². The van der Waals surface area contributed by atoms with Crippen LogP contribution in [0.25, 0.3) is 11.3 Å². The van der Waals surface area contributed by atoms with Gasteiger partial charge in [-0.25, -0.2) is 9.66 Å². The molecule has 1 aromatic carbocycles. The van der Waals surface area contributed by atoms with Gasteiger partial charge in [-0.15, -0.1) is 0 Å². The lowest BCUT2D eigenvalue weighted by Crippen LogP contribution is -2.23. The highest BCUT2D eigenvalue weighted by molar-refractivity contribution is 8.13. The Kier molecular flexibility index (Phi) is 5.85. The Hall–Kier alpha value is -1.79. The molecule has 0 atom stereocenters. The molecule has 0 aliphatic rings. The van der Waals surface area contributed by atoms with Gasteiger partial charge in [-0.3, -0.25) is 15.2 Å². The summed E-state index contributed by atoms with van der Waals surface area (Å²) in [5.41, 5.74) is 5.78. The van der Waals surface area contributed by atoms with E-state index in [9.17, 15) is 4.79 Å². The van der Waals surface area contributed by atoms with Crippen LogP contribution in [0.5, 0.6) is 0 Å². The molecule has 0 aliphatic carbocycles. The number of aromatic nitrogens is 2. The summed E-state index contributed by atoms with van der Waals surface area (Å²) in [5.74, 6) is 0.479. The number of hydrogen-bond donors (Lipinski definition) is 1. The van der Waals surface area contributed by atoms with Gasteiger partial charge in [0.15, 0.2) is 17.3 Å². The SMILES string of the molecule is CN=C(Nn1c(C=O)nc(C(C)C)c1-c1ccc(Cl)cc1)SC. The van der Waals surface area contributed by atoms with E-state index in [1.165, 1.54) is 11.8 Å². The number of halogens is 1. The smallest absolute Gasteiger partial charge is 0.193 e. The number of thioether (sulfide) groups is 1. The van der Waals surface area contributed by atoms with Crippen LogP contribution in [-0.2, 0) is 0 Å². The standard InChI is InChI=1S/C16H19ClN4OS/c1-10(2)14-15(11-5-7-12(17)8-6-11)21(13(9-22)19-14)20-16(18-3)23-4/h5-10H,1-4H3,(H,18,20). The van der Waals surface area contributed by atoms with E-state index in [1.54, 1.807) is 11.7 Å². The summed E-state index contributed by atoms with van der Waals surface area (Å²) in [6.07, 6.45) is 2.66. The van der Waals surface area contributed by atoms with Crippen molar-refractivity contribution in [1.82, 2.24) is 9.66 Å². The fraction of sp³-hybridized carbons (Fsp3) is 0.312. The van der Waals surface area contributed by atoms with Crippen LogP contribution in [0.4, 0.5) is 0 Å². The maximum absolute atomic E-state index is 11.5. The summed E-state index contributed by atoms with van der Waals surface area (Å²) >= 11 is 7.45. The van der Waals surface area contributed by atoms with E-state index in [-0.39, 0.29) is 5.92 Å². The minimum absolute atomic E-state index is 0.165. The topological polar surface area (TPSA) is 59.3 Å². The average molecular weight is 351 g/mol. The number of hydrogen-bond acceptors (Lipinski definition) is 4. The summed E-state index contributed by atoms with van der Waals surface area (Å²) in [5, 5.41) is 1.35. The molecule has 122 valence electrons. The number of imidazole rings is 1. The first-order valence-electron chi connectivity index (χ1n) is 7.13. The summed E-state index contributed by atoms with van der Waals surface area (Å²) < 4.78 is 1.68. The third-order valence-corrected chi connectivity index (χ3v) is 4.22.